The second-order valence-corrected chi connectivity index (χ2v) is 4.29. The maximum absolute atomic E-state index is 11.9. The number of anilines is 1. The van der Waals surface area contributed by atoms with Gasteiger partial charge in [-0.1, -0.05) is 12.1 Å². The third-order valence-corrected chi connectivity index (χ3v) is 2.97. The van der Waals surface area contributed by atoms with E-state index in [1.807, 2.05) is 0 Å². The van der Waals surface area contributed by atoms with Crippen molar-refractivity contribution in [1.29, 1.82) is 0 Å². The van der Waals surface area contributed by atoms with Gasteiger partial charge in [0.25, 0.3) is 5.91 Å². The van der Waals surface area contributed by atoms with Gasteiger partial charge in [-0.15, -0.1) is 0 Å². The van der Waals surface area contributed by atoms with Gasteiger partial charge in [0.1, 0.15) is 6.10 Å². The number of hydrogen-bond acceptors (Lipinski definition) is 3. The average Bonchev–Trinajstić information content (AvgIpc) is 2.81. The van der Waals surface area contributed by atoms with Crippen LogP contribution in [-0.4, -0.2) is 29.7 Å². The summed E-state index contributed by atoms with van der Waals surface area (Å²) in [6.07, 6.45) is 1.07. The van der Waals surface area contributed by atoms with E-state index in [0.717, 1.165) is 6.42 Å². The SMILES string of the molecule is Cc1cccc(NC(=O)[C@H]2CCCO2)c1C(=O)O. The van der Waals surface area contributed by atoms with Crippen molar-refractivity contribution in [2.75, 3.05) is 11.9 Å². The molecule has 0 radical (unpaired) electrons. The lowest BCUT2D eigenvalue weighted by molar-refractivity contribution is -0.124. The van der Waals surface area contributed by atoms with Crippen molar-refractivity contribution < 1.29 is 19.4 Å². The molecular formula is C13H15NO4. The molecule has 5 heteroatoms. The maximum Gasteiger partial charge on any atom is 0.338 e. The Bertz CT molecular complexity index is 478. The number of carbonyl (C=O) groups is 2. The molecule has 96 valence electrons. The molecule has 2 N–H and O–H groups in total. The Morgan fingerprint density at radius 3 is 2.83 bits per heavy atom. The first-order chi connectivity index (χ1) is 8.59. The second kappa shape index (κ2) is 5.18. The number of carboxylic acid groups (broad SMARTS) is 1. The van der Waals surface area contributed by atoms with Crippen LogP contribution in [0, 0.1) is 6.92 Å². The van der Waals surface area contributed by atoms with Crippen LogP contribution in [0.4, 0.5) is 5.69 Å². The number of rotatable bonds is 3. The molecule has 0 spiro atoms. The molecule has 0 bridgehead atoms. The van der Waals surface area contributed by atoms with Crippen LogP contribution in [0.3, 0.4) is 0 Å². The maximum atomic E-state index is 11.9. The molecule has 1 aliphatic rings. The number of aryl methyl sites for hydroxylation is 1. The van der Waals surface area contributed by atoms with Gasteiger partial charge in [-0.2, -0.15) is 0 Å². The standard InChI is InChI=1S/C13H15NO4/c1-8-4-2-5-9(11(8)13(16)17)14-12(15)10-6-3-7-18-10/h2,4-5,10H,3,6-7H2,1H3,(H,14,15)(H,16,17)/t10-/m1/s1. The Morgan fingerprint density at radius 1 is 1.44 bits per heavy atom. The first kappa shape index (κ1) is 12.6. The number of benzene rings is 1. The molecule has 1 amide bonds. The quantitative estimate of drug-likeness (QED) is 0.856. The molecule has 1 aromatic rings. The monoisotopic (exact) mass is 249 g/mol. The minimum Gasteiger partial charge on any atom is -0.478 e. The largest absolute Gasteiger partial charge is 0.478 e. The fourth-order valence-electron chi connectivity index (χ4n) is 2.05. The molecular weight excluding hydrogens is 234 g/mol. The van der Waals surface area contributed by atoms with Gasteiger partial charge in [-0.05, 0) is 31.4 Å². The molecule has 0 aliphatic carbocycles. The van der Waals surface area contributed by atoms with E-state index in [2.05, 4.69) is 5.32 Å². The predicted octanol–water partition coefficient (Wildman–Crippen LogP) is 1.81. The molecule has 0 unspecified atom stereocenters. The average molecular weight is 249 g/mol. The molecule has 0 saturated carbocycles. The zero-order valence-corrected chi connectivity index (χ0v) is 10.1. The zero-order chi connectivity index (χ0) is 13.1. The van der Waals surface area contributed by atoms with Crippen LogP contribution in [0.15, 0.2) is 18.2 Å². The van der Waals surface area contributed by atoms with E-state index >= 15 is 0 Å². The van der Waals surface area contributed by atoms with E-state index < -0.39 is 12.1 Å². The molecule has 18 heavy (non-hydrogen) atoms. The minimum atomic E-state index is -1.05. The van der Waals surface area contributed by atoms with E-state index in [1.165, 1.54) is 0 Å². The summed E-state index contributed by atoms with van der Waals surface area (Å²) >= 11 is 0. The summed E-state index contributed by atoms with van der Waals surface area (Å²) in [7, 11) is 0. The summed E-state index contributed by atoms with van der Waals surface area (Å²) in [5.74, 6) is -1.32. The molecule has 1 saturated heterocycles. The summed E-state index contributed by atoms with van der Waals surface area (Å²) in [5.41, 5.74) is 1.07. The molecule has 1 aliphatic heterocycles. The molecule has 1 atom stereocenters. The molecule has 5 nitrogen and oxygen atoms in total. The number of carbonyl (C=O) groups excluding carboxylic acids is 1. The Kier molecular flexibility index (Phi) is 3.62. The van der Waals surface area contributed by atoms with Crippen molar-refractivity contribution in [3.05, 3.63) is 29.3 Å². The van der Waals surface area contributed by atoms with Crippen molar-refractivity contribution in [3.63, 3.8) is 0 Å². The van der Waals surface area contributed by atoms with E-state index in [-0.39, 0.29) is 11.5 Å². The Balaban J connectivity index is 2.20. The lowest BCUT2D eigenvalue weighted by Crippen LogP contribution is -2.27. The van der Waals surface area contributed by atoms with Crippen LogP contribution in [0.2, 0.25) is 0 Å². The van der Waals surface area contributed by atoms with Crippen LogP contribution in [0.5, 0.6) is 0 Å². The van der Waals surface area contributed by atoms with Crippen molar-refractivity contribution in [2.24, 2.45) is 0 Å². The molecule has 0 aromatic heterocycles. The summed E-state index contributed by atoms with van der Waals surface area (Å²) in [5, 5.41) is 11.8. The van der Waals surface area contributed by atoms with E-state index in [9.17, 15) is 9.59 Å². The van der Waals surface area contributed by atoms with Crippen molar-refractivity contribution in [1.82, 2.24) is 0 Å². The third kappa shape index (κ3) is 2.51. The van der Waals surface area contributed by atoms with Crippen LogP contribution in [0.1, 0.15) is 28.8 Å². The first-order valence-corrected chi connectivity index (χ1v) is 5.85. The van der Waals surface area contributed by atoms with Gasteiger partial charge >= 0.3 is 5.97 Å². The van der Waals surface area contributed by atoms with E-state index in [4.69, 9.17) is 9.84 Å². The zero-order valence-electron chi connectivity index (χ0n) is 10.1. The number of amides is 1. The lowest BCUT2D eigenvalue weighted by Gasteiger charge is -2.13. The van der Waals surface area contributed by atoms with E-state index in [1.54, 1.807) is 25.1 Å². The van der Waals surface area contributed by atoms with Crippen molar-refractivity contribution >= 4 is 17.6 Å². The van der Waals surface area contributed by atoms with Crippen LogP contribution in [-0.2, 0) is 9.53 Å². The van der Waals surface area contributed by atoms with Crippen LogP contribution in [0.25, 0.3) is 0 Å². The molecule has 2 rings (SSSR count). The molecule has 1 heterocycles. The summed E-state index contributed by atoms with van der Waals surface area (Å²) in [6.45, 7) is 2.28. The highest BCUT2D eigenvalue weighted by atomic mass is 16.5. The minimum absolute atomic E-state index is 0.129. The third-order valence-electron chi connectivity index (χ3n) is 2.97. The predicted molar refractivity (Wildman–Crippen MR) is 65.7 cm³/mol. The highest BCUT2D eigenvalue weighted by Gasteiger charge is 2.25. The molecule has 1 fully saturated rings. The van der Waals surface area contributed by atoms with Gasteiger partial charge in [0.15, 0.2) is 0 Å². The van der Waals surface area contributed by atoms with E-state index in [0.29, 0.717) is 24.3 Å². The number of nitrogens with one attached hydrogen (secondary N) is 1. The summed E-state index contributed by atoms with van der Waals surface area (Å²) in [6, 6.07) is 5.00. The number of hydrogen-bond donors (Lipinski definition) is 2. The highest BCUT2D eigenvalue weighted by Crippen LogP contribution is 2.21. The van der Waals surface area contributed by atoms with Gasteiger partial charge in [-0.3, -0.25) is 4.79 Å². The normalized spacial score (nSPS) is 18.6. The fourth-order valence-corrected chi connectivity index (χ4v) is 2.05. The smallest absolute Gasteiger partial charge is 0.338 e. The van der Waals surface area contributed by atoms with Crippen LogP contribution >= 0.6 is 0 Å². The highest BCUT2D eigenvalue weighted by molar-refractivity contribution is 6.02. The van der Waals surface area contributed by atoms with Crippen molar-refractivity contribution in [2.45, 2.75) is 25.9 Å². The first-order valence-electron chi connectivity index (χ1n) is 5.85. The van der Waals surface area contributed by atoms with Gasteiger partial charge in [0.2, 0.25) is 0 Å². The lowest BCUT2D eigenvalue weighted by atomic mass is 10.1. The summed E-state index contributed by atoms with van der Waals surface area (Å²) in [4.78, 5) is 23.0. The number of aromatic carboxylic acids is 1. The fraction of sp³-hybridized carbons (Fsp3) is 0.385. The Hall–Kier alpha value is -1.88. The number of carboxylic acids is 1. The van der Waals surface area contributed by atoms with Gasteiger partial charge < -0.3 is 15.2 Å². The second-order valence-electron chi connectivity index (χ2n) is 4.29. The van der Waals surface area contributed by atoms with Crippen LogP contribution < -0.4 is 5.32 Å². The van der Waals surface area contributed by atoms with Crippen molar-refractivity contribution in [3.8, 4) is 0 Å². The Labute approximate surface area is 105 Å². The van der Waals surface area contributed by atoms with Gasteiger partial charge in [-0.25, -0.2) is 4.79 Å². The molecule has 1 aromatic carbocycles. The van der Waals surface area contributed by atoms with Gasteiger partial charge in [0.05, 0.1) is 11.3 Å². The number of ether oxygens (including phenoxy) is 1. The topological polar surface area (TPSA) is 75.6 Å². The summed E-state index contributed by atoms with van der Waals surface area (Å²) < 4.78 is 5.26. The Morgan fingerprint density at radius 2 is 2.22 bits per heavy atom. The van der Waals surface area contributed by atoms with Gasteiger partial charge in [0, 0.05) is 6.61 Å².